The Morgan fingerprint density at radius 3 is 2.59 bits per heavy atom. The Morgan fingerprint density at radius 2 is 1.86 bits per heavy atom. The number of hydrogen-bond acceptors (Lipinski definition) is 5. The molecule has 1 fully saturated rings. The van der Waals surface area contributed by atoms with E-state index in [2.05, 4.69) is 10.2 Å². The average Bonchev–Trinajstić information content (AvgIpc) is 3.40. The Morgan fingerprint density at radius 1 is 1.10 bits per heavy atom. The second-order valence-electron chi connectivity index (χ2n) is 6.75. The monoisotopic (exact) mass is 411 g/mol. The van der Waals surface area contributed by atoms with Crippen molar-refractivity contribution in [1.29, 1.82) is 0 Å². The minimum Gasteiger partial charge on any atom is -0.451 e. The van der Waals surface area contributed by atoms with Crippen molar-refractivity contribution in [3.63, 3.8) is 0 Å². The van der Waals surface area contributed by atoms with Gasteiger partial charge in [-0.2, -0.15) is 0 Å². The Labute approximate surface area is 172 Å². The number of hydrogen-bond donors (Lipinski definition) is 1. The maximum Gasteiger partial charge on any atom is 0.291 e. The molecule has 29 heavy (non-hydrogen) atoms. The molecule has 1 aliphatic rings. The summed E-state index contributed by atoms with van der Waals surface area (Å²) in [4.78, 5) is 25.5. The fraction of sp³-hybridized carbons (Fsp3) is 0.190. The highest BCUT2D eigenvalue weighted by Crippen LogP contribution is 2.33. The summed E-state index contributed by atoms with van der Waals surface area (Å²) < 4.78 is 5.57. The van der Waals surface area contributed by atoms with Gasteiger partial charge in [0, 0.05) is 24.8 Å². The van der Waals surface area contributed by atoms with Gasteiger partial charge in [0.1, 0.15) is 5.76 Å². The molecule has 2 heterocycles. The van der Waals surface area contributed by atoms with E-state index in [0.717, 1.165) is 31.6 Å². The summed E-state index contributed by atoms with van der Waals surface area (Å²) in [6, 6.07) is 14.6. The predicted molar refractivity (Wildman–Crippen MR) is 112 cm³/mol. The molecule has 0 unspecified atom stereocenters. The molecule has 1 aromatic heterocycles. The first-order valence-electron chi connectivity index (χ1n) is 9.22. The van der Waals surface area contributed by atoms with Crippen LogP contribution in [0.2, 0.25) is 5.02 Å². The van der Waals surface area contributed by atoms with Crippen LogP contribution in [0.5, 0.6) is 0 Å². The first kappa shape index (κ1) is 19.0. The van der Waals surface area contributed by atoms with E-state index in [0.29, 0.717) is 16.3 Å². The molecule has 0 radical (unpaired) electrons. The van der Waals surface area contributed by atoms with Crippen molar-refractivity contribution in [1.82, 2.24) is 0 Å². The van der Waals surface area contributed by atoms with Crippen LogP contribution in [-0.2, 0) is 0 Å². The number of nitrogens with one attached hydrogen (secondary N) is 1. The highest BCUT2D eigenvalue weighted by Gasteiger charge is 2.20. The van der Waals surface area contributed by atoms with Crippen LogP contribution < -0.4 is 10.2 Å². The second kappa shape index (κ2) is 7.97. The summed E-state index contributed by atoms with van der Waals surface area (Å²) in [6.07, 6.45) is 2.30. The van der Waals surface area contributed by atoms with Gasteiger partial charge in [-0.3, -0.25) is 14.9 Å². The van der Waals surface area contributed by atoms with Crippen LogP contribution in [0.15, 0.2) is 59.0 Å². The van der Waals surface area contributed by atoms with E-state index in [9.17, 15) is 14.9 Å². The number of benzene rings is 2. The van der Waals surface area contributed by atoms with Gasteiger partial charge >= 0.3 is 0 Å². The normalized spacial score (nSPS) is 13.5. The largest absolute Gasteiger partial charge is 0.451 e. The minimum absolute atomic E-state index is 0.0536. The molecule has 0 spiro atoms. The Bertz CT molecular complexity index is 1070. The van der Waals surface area contributed by atoms with Crippen LogP contribution in [0.3, 0.4) is 0 Å². The number of nitro benzene ring substituents is 1. The minimum atomic E-state index is -0.485. The lowest BCUT2D eigenvalue weighted by Gasteiger charge is -2.19. The molecule has 0 aliphatic carbocycles. The number of amides is 1. The third kappa shape index (κ3) is 3.95. The molecule has 0 atom stereocenters. The lowest BCUT2D eigenvalue weighted by Crippen LogP contribution is -2.18. The van der Waals surface area contributed by atoms with Crippen molar-refractivity contribution in [2.45, 2.75) is 12.8 Å². The zero-order valence-electron chi connectivity index (χ0n) is 15.4. The number of carbonyl (C=O) groups is 1. The van der Waals surface area contributed by atoms with Crippen molar-refractivity contribution in [2.75, 3.05) is 23.3 Å². The van der Waals surface area contributed by atoms with Gasteiger partial charge < -0.3 is 14.6 Å². The number of nitrogens with zero attached hydrogens (tertiary/aromatic N) is 2. The molecule has 1 amide bonds. The highest BCUT2D eigenvalue weighted by molar-refractivity contribution is 6.33. The highest BCUT2D eigenvalue weighted by atomic mass is 35.5. The number of carbonyl (C=O) groups excluding carboxylic acids is 1. The number of rotatable bonds is 5. The zero-order chi connectivity index (χ0) is 20.4. The fourth-order valence-corrected chi connectivity index (χ4v) is 3.74. The molecule has 8 heteroatoms. The SMILES string of the molecule is O=C(Nc1ccc(N2CCCC2)c(Cl)c1)c1ccc(-c2ccccc2[N+](=O)[O-])o1. The van der Waals surface area contributed by atoms with E-state index >= 15 is 0 Å². The molecule has 7 nitrogen and oxygen atoms in total. The Balaban J connectivity index is 1.52. The summed E-state index contributed by atoms with van der Waals surface area (Å²) in [7, 11) is 0. The summed E-state index contributed by atoms with van der Waals surface area (Å²) >= 11 is 6.39. The van der Waals surface area contributed by atoms with Gasteiger partial charge in [-0.05, 0) is 49.2 Å². The van der Waals surface area contributed by atoms with E-state index in [-0.39, 0.29) is 17.2 Å². The topological polar surface area (TPSA) is 88.6 Å². The van der Waals surface area contributed by atoms with Crippen LogP contribution in [0.25, 0.3) is 11.3 Å². The quantitative estimate of drug-likeness (QED) is 0.451. The molecule has 0 bridgehead atoms. The molecule has 148 valence electrons. The standard InChI is InChI=1S/C21H18ClN3O4/c22-16-13-14(7-8-18(16)24-11-3-4-12-24)23-21(26)20-10-9-19(29-20)15-5-1-2-6-17(15)25(27)28/h1-2,5-10,13H,3-4,11-12H2,(H,23,26). The number of furan rings is 1. The van der Waals surface area contributed by atoms with Crippen molar-refractivity contribution in [2.24, 2.45) is 0 Å². The van der Waals surface area contributed by atoms with Gasteiger partial charge in [-0.1, -0.05) is 23.7 Å². The average molecular weight is 412 g/mol. The summed E-state index contributed by atoms with van der Waals surface area (Å²) in [5, 5.41) is 14.5. The fourth-order valence-electron chi connectivity index (χ4n) is 3.44. The van der Waals surface area contributed by atoms with Crippen molar-refractivity contribution >= 4 is 34.6 Å². The molecular formula is C21H18ClN3O4. The second-order valence-corrected chi connectivity index (χ2v) is 7.16. The molecular weight excluding hydrogens is 394 g/mol. The lowest BCUT2D eigenvalue weighted by atomic mass is 10.1. The smallest absolute Gasteiger partial charge is 0.291 e. The molecule has 0 saturated carbocycles. The predicted octanol–water partition coefficient (Wildman–Crippen LogP) is 5.36. The molecule has 1 N–H and O–H groups in total. The summed E-state index contributed by atoms with van der Waals surface area (Å²) in [5.74, 6) is -0.150. The van der Waals surface area contributed by atoms with Gasteiger partial charge in [0.15, 0.2) is 5.76 Å². The molecule has 1 aliphatic heterocycles. The molecule has 3 aromatic rings. The van der Waals surface area contributed by atoms with Crippen molar-refractivity contribution in [3.05, 3.63) is 75.5 Å². The Kier molecular flexibility index (Phi) is 5.22. The summed E-state index contributed by atoms with van der Waals surface area (Å²) in [6.45, 7) is 1.96. The zero-order valence-corrected chi connectivity index (χ0v) is 16.2. The van der Waals surface area contributed by atoms with Crippen LogP contribution in [0, 0.1) is 10.1 Å². The van der Waals surface area contributed by atoms with E-state index in [1.807, 2.05) is 6.07 Å². The van der Waals surface area contributed by atoms with Gasteiger partial charge in [-0.15, -0.1) is 0 Å². The number of anilines is 2. The third-order valence-corrected chi connectivity index (χ3v) is 5.15. The number of nitro groups is 1. The van der Waals surface area contributed by atoms with Crippen molar-refractivity contribution in [3.8, 4) is 11.3 Å². The van der Waals surface area contributed by atoms with Crippen LogP contribution >= 0.6 is 11.6 Å². The molecule has 1 saturated heterocycles. The summed E-state index contributed by atoms with van der Waals surface area (Å²) in [5.41, 5.74) is 1.73. The first-order chi connectivity index (χ1) is 14.0. The van der Waals surface area contributed by atoms with E-state index < -0.39 is 10.8 Å². The Hall–Kier alpha value is -3.32. The van der Waals surface area contributed by atoms with Gasteiger partial charge in [0.25, 0.3) is 11.6 Å². The van der Waals surface area contributed by atoms with E-state index in [4.69, 9.17) is 16.0 Å². The van der Waals surface area contributed by atoms with Gasteiger partial charge in [-0.25, -0.2) is 0 Å². The van der Waals surface area contributed by atoms with Crippen molar-refractivity contribution < 1.29 is 14.1 Å². The number of halogens is 1. The maximum absolute atomic E-state index is 12.5. The van der Waals surface area contributed by atoms with E-state index in [1.54, 1.807) is 36.4 Å². The third-order valence-electron chi connectivity index (χ3n) is 4.85. The number of para-hydroxylation sites is 1. The lowest BCUT2D eigenvalue weighted by molar-refractivity contribution is -0.384. The van der Waals surface area contributed by atoms with Gasteiger partial charge in [0.2, 0.25) is 0 Å². The molecule has 4 rings (SSSR count). The van der Waals surface area contributed by atoms with Crippen LogP contribution in [-0.4, -0.2) is 23.9 Å². The van der Waals surface area contributed by atoms with E-state index in [1.165, 1.54) is 12.1 Å². The maximum atomic E-state index is 12.5. The first-order valence-corrected chi connectivity index (χ1v) is 9.60. The molecule has 2 aromatic carbocycles. The van der Waals surface area contributed by atoms with Crippen LogP contribution in [0.4, 0.5) is 17.1 Å². The van der Waals surface area contributed by atoms with Crippen LogP contribution in [0.1, 0.15) is 23.4 Å². The van der Waals surface area contributed by atoms with Gasteiger partial charge in [0.05, 0.1) is 21.2 Å².